The third-order valence-corrected chi connectivity index (χ3v) is 6.77. The van der Waals surface area contributed by atoms with Gasteiger partial charge in [-0.15, -0.1) is 0 Å². The van der Waals surface area contributed by atoms with Gasteiger partial charge in [-0.3, -0.25) is 4.79 Å². The number of aromatic amines is 1. The van der Waals surface area contributed by atoms with E-state index in [1.165, 1.54) is 18.2 Å². The molecule has 0 unspecified atom stereocenters. The van der Waals surface area contributed by atoms with Gasteiger partial charge in [-0.05, 0) is 60.2 Å². The minimum Gasteiger partial charge on any atom is -0.365 e. The maximum absolute atomic E-state index is 14.5. The molecule has 5 nitrogen and oxygen atoms in total. The van der Waals surface area contributed by atoms with E-state index in [0.29, 0.717) is 29.5 Å². The number of H-pyrrole nitrogens is 1. The number of nitrogens with zero attached hydrogens (tertiary/aromatic N) is 1. The molecular weight excluding hydrogens is 421 g/mol. The van der Waals surface area contributed by atoms with Crippen LogP contribution in [0.2, 0.25) is 0 Å². The van der Waals surface area contributed by atoms with Crippen LogP contribution in [-0.2, 0) is 4.79 Å². The van der Waals surface area contributed by atoms with Gasteiger partial charge in [0.2, 0.25) is 5.91 Å². The Balaban J connectivity index is 1.44. The van der Waals surface area contributed by atoms with Gasteiger partial charge in [-0.2, -0.15) is 0 Å². The highest BCUT2D eigenvalue weighted by Crippen LogP contribution is 2.49. The number of piperidine rings is 1. The average Bonchev–Trinajstić information content (AvgIpc) is 3.07. The van der Waals surface area contributed by atoms with Crippen molar-refractivity contribution in [2.75, 3.05) is 13.1 Å². The molecule has 1 aliphatic carbocycles. The number of fused-ring (bicyclic) bond motifs is 1. The molecule has 0 bridgehead atoms. The van der Waals surface area contributed by atoms with E-state index in [9.17, 15) is 28.2 Å². The van der Waals surface area contributed by atoms with E-state index >= 15 is 0 Å². The number of carbonyl (C=O) groups is 1. The molecule has 2 fully saturated rings. The van der Waals surface area contributed by atoms with Crippen molar-refractivity contribution < 1.29 is 28.2 Å². The number of amides is 1. The molecule has 1 aromatic heterocycles. The van der Waals surface area contributed by atoms with E-state index in [1.807, 2.05) is 0 Å². The lowest BCUT2D eigenvalue weighted by Gasteiger charge is -2.41. The maximum atomic E-state index is 14.5. The number of benzene rings is 2. The molecule has 3 N–H and O–H groups in total. The van der Waals surface area contributed by atoms with Crippen LogP contribution in [0, 0.1) is 23.4 Å². The van der Waals surface area contributed by atoms with Crippen molar-refractivity contribution in [3.05, 3.63) is 59.4 Å². The summed E-state index contributed by atoms with van der Waals surface area (Å²) in [4.78, 5) is 17.6. The maximum Gasteiger partial charge on any atom is 0.225 e. The first-order chi connectivity index (χ1) is 15.2. The van der Waals surface area contributed by atoms with Crippen LogP contribution in [0.3, 0.4) is 0 Å². The number of aromatic nitrogens is 1. The Labute approximate surface area is 182 Å². The van der Waals surface area contributed by atoms with Crippen LogP contribution < -0.4 is 0 Å². The monoisotopic (exact) mass is 444 g/mol. The van der Waals surface area contributed by atoms with E-state index in [0.717, 1.165) is 11.6 Å². The van der Waals surface area contributed by atoms with Gasteiger partial charge in [0.1, 0.15) is 17.5 Å². The largest absolute Gasteiger partial charge is 0.365 e. The molecule has 168 valence electrons. The van der Waals surface area contributed by atoms with Crippen molar-refractivity contribution in [2.45, 2.75) is 37.4 Å². The molecule has 0 atom stereocenters. The molecule has 1 amide bonds. The summed E-state index contributed by atoms with van der Waals surface area (Å²) < 4.78 is 41.9. The lowest BCUT2D eigenvalue weighted by atomic mass is 9.69. The van der Waals surface area contributed by atoms with Crippen LogP contribution in [0.25, 0.3) is 22.2 Å². The van der Waals surface area contributed by atoms with Crippen molar-refractivity contribution >= 4 is 16.8 Å². The molecule has 3 aromatic rings. The van der Waals surface area contributed by atoms with Gasteiger partial charge in [0.25, 0.3) is 0 Å². The molecule has 32 heavy (non-hydrogen) atoms. The van der Waals surface area contributed by atoms with Gasteiger partial charge in [-0.1, -0.05) is 0 Å². The van der Waals surface area contributed by atoms with E-state index in [2.05, 4.69) is 4.98 Å². The van der Waals surface area contributed by atoms with Crippen molar-refractivity contribution in [1.29, 1.82) is 0 Å². The smallest absolute Gasteiger partial charge is 0.225 e. The van der Waals surface area contributed by atoms with E-state index < -0.39 is 23.2 Å². The fraction of sp³-hybridized carbons (Fsp3) is 0.375. The quantitative estimate of drug-likeness (QED) is 0.534. The SMILES string of the molecule is O=C(C1CC(c2c(-c3ccc(F)cc3)[nH]c3c(F)cc(F)cc23)C1)N1CCC(O)(O)CC1. The summed E-state index contributed by atoms with van der Waals surface area (Å²) in [5, 5.41) is 19.8. The fourth-order valence-electron chi connectivity index (χ4n) is 4.91. The standard InChI is InChI=1S/C24H23F3N2O3/c25-16-3-1-13(2-4-16)21-20(18-11-17(26)12-19(27)22(18)28-21)14-9-15(10-14)23(30)29-7-5-24(31,32)6-8-29/h1-4,11-12,14-15,28,31-32H,5-10H2. The summed E-state index contributed by atoms with van der Waals surface area (Å²) in [7, 11) is 0. The van der Waals surface area contributed by atoms with Crippen LogP contribution in [0.15, 0.2) is 36.4 Å². The summed E-state index contributed by atoms with van der Waals surface area (Å²) >= 11 is 0. The predicted octanol–water partition coefficient (Wildman–Crippen LogP) is 4.05. The highest BCUT2D eigenvalue weighted by atomic mass is 19.1. The Morgan fingerprint density at radius 2 is 1.66 bits per heavy atom. The molecule has 0 spiro atoms. The lowest BCUT2D eigenvalue weighted by molar-refractivity contribution is -0.192. The number of nitrogens with one attached hydrogen (secondary N) is 1. The second-order valence-electron chi connectivity index (χ2n) is 8.90. The molecule has 0 radical (unpaired) electrons. The average molecular weight is 444 g/mol. The van der Waals surface area contributed by atoms with Crippen LogP contribution in [-0.4, -0.2) is 44.9 Å². The molecule has 2 aliphatic rings. The first-order valence-corrected chi connectivity index (χ1v) is 10.7. The summed E-state index contributed by atoms with van der Waals surface area (Å²) in [6.45, 7) is 0.578. The van der Waals surface area contributed by atoms with Crippen LogP contribution >= 0.6 is 0 Å². The van der Waals surface area contributed by atoms with Gasteiger partial charge >= 0.3 is 0 Å². The molecule has 8 heteroatoms. The Kier molecular flexibility index (Phi) is 5.02. The normalized spacial score (nSPS) is 22.7. The van der Waals surface area contributed by atoms with Crippen molar-refractivity contribution in [2.24, 2.45) is 5.92 Å². The summed E-state index contributed by atoms with van der Waals surface area (Å²) in [6, 6.07) is 7.91. The molecule has 2 heterocycles. The second-order valence-corrected chi connectivity index (χ2v) is 8.90. The first kappa shape index (κ1) is 21.0. The summed E-state index contributed by atoms with van der Waals surface area (Å²) in [6.07, 6.45) is 1.28. The Bertz CT molecular complexity index is 1170. The number of rotatable bonds is 3. The Morgan fingerprint density at radius 1 is 1.00 bits per heavy atom. The molecule has 1 saturated carbocycles. The molecule has 1 aliphatic heterocycles. The summed E-state index contributed by atoms with van der Waals surface area (Å²) in [5.41, 5.74) is 2.18. The summed E-state index contributed by atoms with van der Waals surface area (Å²) in [5.74, 6) is -3.84. The van der Waals surface area contributed by atoms with Gasteiger partial charge in [-0.25, -0.2) is 13.2 Å². The predicted molar refractivity (Wildman–Crippen MR) is 112 cm³/mol. The number of halogens is 3. The lowest BCUT2D eigenvalue weighted by Crippen LogP contribution is -2.49. The first-order valence-electron chi connectivity index (χ1n) is 10.7. The minimum absolute atomic E-state index is 0.0303. The van der Waals surface area contributed by atoms with Gasteiger partial charge in [0.15, 0.2) is 5.79 Å². The minimum atomic E-state index is -1.72. The van der Waals surface area contributed by atoms with Crippen molar-refractivity contribution in [1.82, 2.24) is 9.88 Å². The molecular formula is C24H23F3N2O3. The fourth-order valence-corrected chi connectivity index (χ4v) is 4.91. The Morgan fingerprint density at radius 3 is 2.31 bits per heavy atom. The third kappa shape index (κ3) is 3.67. The zero-order chi connectivity index (χ0) is 22.6. The topological polar surface area (TPSA) is 76.6 Å². The number of aliphatic hydroxyl groups is 2. The highest BCUT2D eigenvalue weighted by molar-refractivity contribution is 5.92. The number of hydrogen-bond donors (Lipinski definition) is 3. The molecule has 5 rings (SSSR count). The van der Waals surface area contributed by atoms with Gasteiger partial charge in [0.05, 0.1) is 11.2 Å². The number of carbonyl (C=O) groups excluding carboxylic acids is 1. The molecule has 2 aromatic carbocycles. The second kappa shape index (κ2) is 7.64. The van der Waals surface area contributed by atoms with E-state index in [4.69, 9.17) is 0 Å². The van der Waals surface area contributed by atoms with Crippen molar-refractivity contribution in [3.63, 3.8) is 0 Å². The highest BCUT2D eigenvalue weighted by Gasteiger charge is 2.42. The zero-order valence-corrected chi connectivity index (χ0v) is 17.2. The van der Waals surface area contributed by atoms with Crippen LogP contribution in [0.5, 0.6) is 0 Å². The van der Waals surface area contributed by atoms with E-state index in [-0.39, 0.29) is 49.2 Å². The van der Waals surface area contributed by atoms with Gasteiger partial charge in [0, 0.05) is 43.3 Å². The van der Waals surface area contributed by atoms with Crippen molar-refractivity contribution in [3.8, 4) is 11.3 Å². The molecule has 1 saturated heterocycles. The third-order valence-electron chi connectivity index (χ3n) is 6.77. The van der Waals surface area contributed by atoms with E-state index in [1.54, 1.807) is 17.0 Å². The Hall–Kier alpha value is -2.84. The van der Waals surface area contributed by atoms with Crippen LogP contribution in [0.4, 0.5) is 13.2 Å². The van der Waals surface area contributed by atoms with Crippen LogP contribution in [0.1, 0.15) is 37.2 Å². The number of likely N-dealkylation sites (tertiary alicyclic amines) is 1. The number of hydrogen-bond acceptors (Lipinski definition) is 3. The van der Waals surface area contributed by atoms with Gasteiger partial charge < -0.3 is 20.1 Å². The zero-order valence-electron chi connectivity index (χ0n) is 17.2.